The molecule has 2 rings (SSSR count). The van der Waals surface area contributed by atoms with Crippen LogP contribution in [0.2, 0.25) is 0 Å². The maximum Gasteiger partial charge on any atom is 0.292 e. The summed E-state index contributed by atoms with van der Waals surface area (Å²) in [5.74, 6) is 3.71. The summed E-state index contributed by atoms with van der Waals surface area (Å²) in [6.45, 7) is 4.32. The summed E-state index contributed by atoms with van der Waals surface area (Å²) in [6, 6.07) is 6.99. The Labute approximate surface area is 151 Å². The summed E-state index contributed by atoms with van der Waals surface area (Å²) in [5, 5.41) is 11.3. The molecule has 1 aromatic carbocycles. The van der Waals surface area contributed by atoms with Crippen LogP contribution in [0, 0.1) is 10.1 Å². The number of para-hydroxylation sites is 2. The van der Waals surface area contributed by atoms with E-state index in [1.165, 1.54) is 0 Å². The van der Waals surface area contributed by atoms with Crippen molar-refractivity contribution in [1.29, 1.82) is 0 Å². The molecule has 134 valence electrons. The van der Waals surface area contributed by atoms with Crippen molar-refractivity contribution in [2.75, 3.05) is 67.4 Å². The van der Waals surface area contributed by atoms with Gasteiger partial charge in [0.2, 0.25) is 0 Å². The van der Waals surface area contributed by atoms with Gasteiger partial charge in [0.25, 0.3) is 5.69 Å². The van der Waals surface area contributed by atoms with Crippen LogP contribution in [0.1, 0.15) is 0 Å². The zero-order chi connectivity index (χ0) is 17.0. The highest BCUT2D eigenvalue weighted by Gasteiger charge is 2.18. The van der Waals surface area contributed by atoms with Crippen molar-refractivity contribution in [2.24, 2.45) is 0 Å². The fourth-order valence-corrected chi connectivity index (χ4v) is 3.93. The molecular formula is C16H24N2O4S2. The van der Waals surface area contributed by atoms with Crippen molar-refractivity contribution in [3.05, 3.63) is 34.4 Å². The summed E-state index contributed by atoms with van der Waals surface area (Å²) >= 11 is 3.63. The van der Waals surface area contributed by atoms with E-state index in [0.29, 0.717) is 32.1 Å². The minimum Gasteiger partial charge on any atom is -0.378 e. The third-order valence-electron chi connectivity index (χ3n) is 3.55. The van der Waals surface area contributed by atoms with Crippen LogP contribution in [-0.2, 0) is 9.47 Å². The molecule has 6 nitrogen and oxygen atoms in total. The number of hydrogen-bond acceptors (Lipinski definition) is 7. The first-order chi connectivity index (χ1) is 11.8. The van der Waals surface area contributed by atoms with E-state index in [4.69, 9.17) is 9.47 Å². The Balaban J connectivity index is 2.00. The van der Waals surface area contributed by atoms with Crippen LogP contribution in [0.25, 0.3) is 0 Å². The van der Waals surface area contributed by atoms with Crippen LogP contribution in [0.5, 0.6) is 0 Å². The molecule has 24 heavy (non-hydrogen) atoms. The zero-order valence-corrected chi connectivity index (χ0v) is 15.4. The molecule has 0 N–H and O–H groups in total. The van der Waals surface area contributed by atoms with Crippen LogP contribution < -0.4 is 4.90 Å². The van der Waals surface area contributed by atoms with Gasteiger partial charge in [0.05, 0.1) is 31.4 Å². The standard InChI is InChI=1S/C16H24N2O4S2/c19-18(20)16-4-2-1-3-15(16)17-5-11-23-13-9-21-7-8-22-10-14-24-12-6-17/h1-4H,5-14H2. The van der Waals surface area contributed by atoms with E-state index in [0.717, 1.165) is 36.1 Å². The Hall–Kier alpha value is -0.960. The van der Waals surface area contributed by atoms with Gasteiger partial charge in [0, 0.05) is 42.2 Å². The second-order valence-electron chi connectivity index (χ2n) is 5.18. The SMILES string of the molecule is O=[N+]([O-])c1ccccc1N1CCSCCOCCOCCSCC1. The minimum absolute atomic E-state index is 0.178. The van der Waals surface area contributed by atoms with Crippen molar-refractivity contribution in [1.82, 2.24) is 0 Å². The minimum atomic E-state index is -0.299. The zero-order valence-electron chi connectivity index (χ0n) is 13.7. The molecule has 1 aromatic rings. The van der Waals surface area contributed by atoms with E-state index in [1.54, 1.807) is 12.1 Å². The Kier molecular flexibility index (Phi) is 9.34. The summed E-state index contributed by atoms with van der Waals surface area (Å²) in [4.78, 5) is 13.1. The Morgan fingerprint density at radius 3 is 2.08 bits per heavy atom. The van der Waals surface area contributed by atoms with E-state index in [2.05, 4.69) is 4.90 Å². The summed E-state index contributed by atoms with van der Waals surface area (Å²) < 4.78 is 11.0. The molecule has 1 aliphatic heterocycles. The summed E-state index contributed by atoms with van der Waals surface area (Å²) in [5.41, 5.74) is 0.887. The molecule has 0 aromatic heterocycles. The smallest absolute Gasteiger partial charge is 0.292 e. The quantitative estimate of drug-likeness (QED) is 0.584. The number of anilines is 1. The molecule has 1 heterocycles. The molecule has 1 fully saturated rings. The summed E-state index contributed by atoms with van der Waals surface area (Å²) in [6.07, 6.45) is 0. The largest absolute Gasteiger partial charge is 0.378 e. The highest BCUT2D eigenvalue weighted by molar-refractivity contribution is 7.99. The van der Waals surface area contributed by atoms with E-state index in [-0.39, 0.29) is 10.6 Å². The average molecular weight is 373 g/mol. The van der Waals surface area contributed by atoms with Gasteiger partial charge in [0.15, 0.2) is 0 Å². The number of ether oxygens (including phenoxy) is 2. The van der Waals surface area contributed by atoms with Crippen LogP contribution in [-0.4, -0.2) is 67.5 Å². The van der Waals surface area contributed by atoms with Gasteiger partial charge in [-0.15, -0.1) is 0 Å². The fraction of sp³-hybridized carbons (Fsp3) is 0.625. The topological polar surface area (TPSA) is 64.8 Å². The first-order valence-corrected chi connectivity index (χ1v) is 10.4. The lowest BCUT2D eigenvalue weighted by atomic mass is 10.2. The predicted molar refractivity (Wildman–Crippen MR) is 102 cm³/mol. The molecule has 0 spiro atoms. The number of nitrogens with zero attached hydrogens (tertiary/aromatic N) is 2. The molecule has 1 aliphatic rings. The molecule has 0 aliphatic carbocycles. The van der Waals surface area contributed by atoms with Gasteiger partial charge >= 0.3 is 0 Å². The lowest BCUT2D eigenvalue weighted by Crippen LogP contribution is -2.29. The number of rotatable bonds is 2. The Bertz CT molecular complexity index is 489. The lowest BCUT2D eigenvalue weighted by molar-refractivity contribution is -0.384. The number of nitro groups is 1. The van der Waals surface area contributed by atoms with Crippen LogP contribution in [0.15, 0.2) is 24.3 Å². The maximum atomic E-state index is 11.3. The molecular weight excluding hydrogens is 348 g/mol. The first-order valence-electron chi connectivity index (χ1n) is 8.08. The van der Waals surface area contributed by atoms with Crippen molar-refractivity contribution >= 4 is 34.9 Å². The third-order valence-corrected chi connectivity index (χ3v) is 5.40. The van der Waals surface area contributed by atoms with Gasteiger partial charge in [-0.2, -0.15) is 23.5 Å². The lowest BCUT2D eigenvalue weighted by Gasteiger charge is -2.24. The predicted octanol–water partition coefficient (Wildman–Crippen LogP) is 2.91. The van der Waals surface area contributed by atoms with Crippen LogP contribution in [0.3, 0.4) is 0 Å². The number of nitro benzene ring substituents is 1. The Morgan fingerprint density at radius 1 is 0.917 bits per heavy atom. The molecule has 0 bridgehead atoms. The molecule has 0 unspecified atom stereocenters. The summed E-state index contributed by atoms with van der Waals surface area (Å²) in [7, 11) is 0. The number of hydrogen-bond donors (Lipinski definition) is 0. The van der Waals surface area contributed by atoms with Gasteiger partial charge < -0.3 is 14.4 Å². The maximum absolute atomic E-state index is 11.3. The van der Waals surface area contributed by atoms with Gasteiger partial charge in [0.1, 0.15) is 5.69 Å². The van der Waals surface area contributed by atoms with Crippen molar-refractivity contribution in [3.8, 4) is 0 Å². The molecule has 0 saturated carbocycles. The van der Waals surface area contributed by atoms with Gasteiger partial charge in [-0.05, 0) is 6.07 Å². The van der Waals surface area contributed by atoms with Crippen LogP contribution >= 0.6 is 23.5 Å². The van der Waals surface area contributed by atoms with Crippen molar-refractivity contribution in [3.63, 3.8) is 0 Å². The molecule has 0 radical (unpaired) electrons. The normalized spacial score (nSPS) is 19.2. The van der Waals surface area contributed by atoms with Gasteiger partial charge in [-0.25, -0.2) is 0 Å². The van der Waals surface area contributed by atoms with Crippen LogP contribution in [0.4, 0.5) is 11.4 Å². The number of benzene rings is 1. The second kappa shape index (κ2) is 11.6. The highest BCUT2D eigenvalue weighted by atomic mass is 32.2. The van der Waals surface area contributed by atoms with Gasteiger partial charge in [-0.3, -0.25) is 10.1 Å². The van der Waals surface area contributed by atoms with Crippen molar-refractivity contribution in [2.45, 2.75) is 0 Å². The monoisotopic (exact) mass is 372 g/mol. The van der Waals surface area contributed by atoms with Gasteiger partial charge in [-0.1, -0.05) is 12.1 Å². The fourth-order valence-electron chi connectivity index (χ4n) is 2.35. The van der Waals surface area contributed by atoms with E-state index in [1.807, 2.05) is 35.7 Å². The highest BCUT2D eigenvalue weighted by Crippen LogP contribution is 2.28. The van der Waals surface area contributed by atoms with E-state index in [9.17, 15) is 10.1 Å². The second-order valence-corrected chi connectivity index (χ2v) is 7.63. The van der Waals surface area contributed by atoms with Crippen molar-refractivity contribution < 1.29 is 14.4 Å². The molecule has 1 saturated heterocycles. The average Bonchev–Trinajstić information content (AvgIpc) is 2.60. The van der Waals surface area contributed by atoms with E-state index >= 15 is 0 Å². The third kappa shape index (κ3) is 6.88. The first kappa shape index (κ1) is 19.4. The molecule has 0 amide bonds. The molecule has 0 atom stereocenters. The Morgan fingerprint density at radius 2 is 1.50 bits per heavy atom. The van der Waals surface area contributed by atoms with E-state index < -0.39 is 0 Å². The number of thioether (sulfide) groups is 2. The molecule has 8 heteroatoms.